The Bertz CT molecular complexity index is 192. The first-order valence-electron chi connectivity index (χ1n) is 3.13. The minimum absolute atomic E-state index is 0.310. The van der Waals surface area contributed by atoms with E-state index >= 15 is 0 Å². The third kappa shape index (κ3) is 0.684. The van der Waals surface area contributed by atoms with Crippen molar-refractivity contribution in [2.45, 2.75) is 16.9 Å². The van der Waals surface area contributed by atoms with Gasteiger partial charge < -0.3 is 0 Å². The van der Waals surface area contributed by atoms with Crippen LogP contribution in [-0.2, 0) is 0 Å². The molecule has 2 bridgehead atoms. The Morgan fingerprint density at radius 3 is 2.78 bits per heavy atom. The lowest BCUT2D eigenvalue weighted by atomic mass is 9.96. The molecule has 0 N–H and O–H groups in total. The quantitative estimate of drug-likeness (QED) is 0.473. The van der Waals surface area contributed by atoms with Gasteiger partial charge in [-0.15, -0.1) is 11.8 Å². The summed E-state index contributed by atoms with van der Waals surface area (Å²) < 4.78 is 0. The third-order valence-corrected chi connectivity index (χ3v) is 3.40. The van der Waals surface area contributed by atoms with Gasteiger partial charge >= 0.3 is 0 Å². The van der Waals surface area contributed by atoms with E-state index in [-0.39, 0.29) is 0 Å². The fourth-order valence-corrected chi connectivity index (χ4v) is 2.85. The largest absolute Gasteiger partial charge is 0.198 e. The molecule has 2 aliphatic rings. The Morgan fingerprint density at radius 2 is 2.44 bits per heavy atom. The highest BCUT2D eigenvalue weighted by Crippen LogP contribution is 2.44. The van der Waals surface area contributed by atoms with Crippen LogP contribution in [0.5, 0.6) is 0 Å². The summed E-state index contributed by atoms with van der Waals surface area (Å²) in [6.45, 7) is 0. The lowest BCUT2D eigenvalue weighted by molar-refractivity contribution is 0.656. The summed E-state index contributed by atoms with van der Waals surface area (Å²) in [5.74, 6) is 0.310. The van der Waals surface area contributed by atoms with Crippen molar-refractivity contribution in [2.24, 2.45) is 5.92 Å². The van der Waals surface area contributed by atoms with E-state index in [1.165, 1.54) is 0 Å². The highest BCUT2D eigenvalue weighted by atomic mass is 32.2. The maximum absolute atomic E-state index is 8.59. The van der Waals surface area contributed by atoms with Gasteiger partial charge in [0.15, 0.2) is 0 Å². The lowest BCUT2D eigenvalue weighted by Gasteiger charge is -2.05. The van der Waals surface area contributed by atoms with E-state index in [9.17, 15) is 0 Å². The number of thioether (sulfide) groups is 1. The van der Waals surface area contributed by atoms with Crippen molar-refractivity contribution < 1.29 is 0 Å². The lowest BCUT2D eigenvalue weighted by Crippen LogP contribution is -2.08. The summed E-state index contributed by atoms with van der Waals surface area (Å²) >= 11 is 1.93. The molecule has 0 aromatic carbocycles. The molecule has 0 spiro atoms. The Kier molecular flexibility index (Phi) is 1.06. The van der Waals surface area contributed by atoms with Gasteiger partial charge in [0.1, 0.15) is 0 Å². The van der Waals surface area contributed by atoms with Gasteiger partial charge in [-0.25, -0.2) is 0 Å². The molecule has 0 aromatic heterocycles. The molecule has 0 aromatic rings. The summed E-state index contributed by atoms with van der Waals surface area (Å²) in [6, 6.07) is 2.32. The summed E-state index contributed by atoms with van der Waals surface area (Å²) in [5, 5.41) is 9.78. The fraction of sp³-hybridized carbons (Fsp3) is 0.571. The van der Waals surface area contributed by atoms with E-state index in [4.69, 9.17) is 5.26 Å². The molecule has 2 heteroatoms. The minimum Gasteiger partial charge on any atom is -0.198 e. The average Bonchev–Trinajstić information content (AvgIpc) is 2.45. The molecular formula is C7H7NS. The highest BCUT2D eigenvalue weighted by molar-refractivity contribution is 8.01. The predicted octanol–water partition coefficient (Wildman–Crippen LogP) is 1.57. The first kappa shape index (κ1) is 5.37. The van der Waals surface area contributed by atoms with E-state index < -0.39 is 0 Å². The van der Waals surface area contributed by atoms with Crippen LogP contribution in [0.15, 0.2) is 12.2 Å². The molecule has 1 fully saturated rings. The van der Waals surface area contributed by atoms with Gasteiger partial charge in [-0.2, -0.15) is 5.26 Å². The molecule has 2 aliphatic heterocycles. The van der Waals surface area contributed by atoms with Crippen LogP contribution in [0.25, 0.3) is 0 Å². The molecule has 1 unspecified atom stereocenters. The molecule has 9 heavy (non-hydrogen) atoms. The van der Waals surface area contributed by atoms with Gasteiger partial charge in [-0.1, -0.05) is 12.2 Å². The molecule has 0 radical (unpaired) electrons. The van der Waals surface area contributed by atoms with Crippen molar-refractivity contribution in [1.82, 2.24) is 0 Å². The van der Waals surface area contributed by atoms with Crippen LogP contribution in [0.1, 0.15) is 6.42 Å². The molecule has 2 rings (SSSR count). The van der Waals surface area contributed by atoms with Gasteiger partial charge in [0.2, 0.25) is 0 Å². The summed E-state index contributed by atoms with van der Waals surface area (Å²) in [6.07, 6.45) is 5.48. The number of hydrogen-bond donors (Lipinski definition) is 0. The van der Waals surface area contributed by atoms with Gasteiger partial charge in [-0.3, -0.25) is 0 Å². The van der Waals surface area contributed by atoms with Crippen LogP contribution in [0.4, 0.5) is 0 Å². The van der Waals surface area contributed by atoms with E-state index in [0.717, 1.165) is 6.42 Å². The first-order valence-corrected chi connectivity index (χ1v) is 4.08. The van der Waals surface area contributed by atoms with Gasteiger partial charge in [0.25, 0.3) is 0 Å². The predicted molar refractivity (Wildman–Crippen MR) is 38.0 cm³/mol. The first-order chi connectivity index (χ1) is 4.40. The standard InChI is InChI=1S/C7H7NS/c8-4-5-3-6-1-2-7(5)9-6/h1-2,5-7H,3H2/t5?,6-,7+/m1/s1. The van der Waals surface area contributed by atoms with Crippen LogP contribution in [0, 0.1) is 17.2 Å². The molecule has 0 saturated carbocycles. The van der Waals surface area contributed by atoms with Gasteiger partial charge in [0, 0.05) is 10.5 Å². The molecule has 3 atom stereocenters. The van der Waals surface area contributed by atoms with E-state index in [2.05, 4.69) is 18.2 Å². The number of rotatable bonds is 0. The van der Waals surface area contributed by atoms with Crippen LogP contribution < -0.4 is 0 Å². The SMILES string of the molecule is N#CC1C[C@H]2C=C[C@@H]1S2. The molecule has 0 amide bonds. The Hall–Kier alpha value is -0.420. The zero-order valence-electron chi connectivity index (χ0n) is 4.95. The smallest absolute Gasteiger partial charge is 0.0671 e. The second-order valence-electron chi connectivity index (χ2n) is 2.50. The molecule has 2 heterocycles. The number of nitriles is 1. The Morgan fingerprint density at radius 1 is 1.56 bits per heavy atom. The monoisotopic (exact) mass is 137 g/mol. The molecular weight excluding hydrogens is 130 g/mol. The summed E-state index contributed by atoms with van der Waals surface area (Å²) in [7, 11) is 0. The molecule has 1 saturated heterocycles. The van der Waals surface area contributed by atoms with E-state index in [0.29, 0.717) is 16.4 Å². The average molecular weight is 137 g/mol. The Labute approximate surface area is 58.7 Å². The highest BCUT2D eigenvalue weighted by Gasteiger charge is 2.36. The van der Waals surface area contributed by atoms with Crippen LogP contribution in [0.3, 0.4) is 0 Å². The molecule has 0 aliphatic carbocycles. The van der Waals surface area contributed by atoms with Crippen LogP contribution >= 0.6 is 11.8 Å². The number of fused-ring (bicyclic) bond motifs is 2. The topological polar surface area (TPSA) is 23.8 Å². The van der Waals surface area contributed by atoms with E-state index in [1.54, 1.807) is 0 Å². The van der Waals surface area contributed by atoms with Crippen LogP contribution in [-0.4, -0.2) is 10.5 Å². The summed E-state index contributed by atoms with van der Waals surface area (Å²) in [4.78, 5) is 0. The van der Waals surface area contributed by atoms with Gasteiger partial charge in [-0.05, 0) is 6.42 Å². The fourth-order valence-electron chi connectivity index (χ4n) is 1.40. The van der Waals surface area contributed by atoms with Crippen LogP contribution in [0.2, 0.25) is 0 Å². The maximum Gasteiger partial charge on any atom is 0.0671 e. The zero-order valence-corrected chi connectivity index (χ0v) is 5.77. The molecule has 46 valence electrons. The van der Waals surface area contributed by atoms with E-state index in [1.807, 2.05) is 11.8 Å². The van der Waals surface area contributed by atoms with Gasteiger partial charge in [0.05, 0.1) is 12.0 Å². The number of hydrogen-bond acceptors (Lipinski definition) is 2. The molecule has 1 nitrogen and oxygen atoms in total. The van der Waals surface area contributed by atoms with Crippen molar-refractivity contribution in [3.8, 4) is 6.07 Å². The third-order valence-electron chi connectivity index (χ3n) is 1.90. The number of nitrogens with zero attached hydrogens (tertiary/aromatic N) is 1. The van der Waals surface area contributed by atoms with Crippen molar-refractivity contribution >= 4 is 11.8 Å². The van der Waals surface area contributed by atoms with Crippen molar-refractivity contribution in [3.05, 3.63) is 12.2 Å². The second kappa shape index (κ2) is 1.78. The second-order valence-corrected chi connectivity index (χ2v) is 3.92. The maximum atomic E-state index is 8.59. The van der Waals surface area contributed by atoms with Crippen molar-refractivity contribution in [1.29, 1.82) is 5.26 Å². The Balaban J connectivity index is 2.22. The summed E-state index contributed by atoms with van der Waals surface area (Å²) in [5.41, 5.74) is 0. The normalized spacial score (nSPS) is 45.4. The van der Waals surface area contributed by atoms with Crippen molar-refractivity contribution in [2.75, 3.05) is 0 Å². The minimum atomic E-state index is 0.310. The van der Waals surface area contributed by atoms with Crippen molar-refractivity contribution in [3.63, 3.8) is 0 Å². The zero-order chi connectivity index (χ0) is 6.27.